The predicted molar refractivity (Wildman–Crippen MR) is 125 cm³/mol. The minimum absolute atomic E-state index is 0.281. The van der Waals surface area contributed by atoms with Crippen molar-refractivity contribution in [3.8, 4) is 17.1 Å². The van der Waals surface area contributed by atoms with Crippen LogP contribution in [0.2, 0.25) is 5.02 Å². The first kappa shape index (κ1) is 22.1. The van der Waals surface area contributed by atoms with Crippen molar-refractivity contribution in [3.05, 3.63) is 71.1 Å². The molecule has 0 N–H and O–H groups in total. The smallest absolute Gasteiger partial charge is 0.249 e. The second kappa shape index (κ2) is 10.0. The van der Waals surface area contributed by atoms with E-state index < -0.39 is 0 Å². The van der Waals surface area contributed by atoms with Gasteiger partial charge in [-0.25, -0.2) is 4.39 Å². The average molecular weight is 485 g/mol. The van der Waals surface area contributed by atoms with Gasteiger partial charge in [-0.05, 0) is 62.3 Å². The third-order valence-electron chi connectivity index (χ3n) is 5.49. The number of piperidine rings is 1. The van der Waals surface area contributed by atoms with Gasteiger partial charge in [-0.15, -0.1) is 20.4 Å². The second-order valence-electron chi connectivity index (χ2n) is 7.82. The molecule has 0 bridgehead atoms. The van der Waals surface area contributed by atoms with Crippen LogP contribution in [0.4, 0.5) is 4.39 Å². The molecule has 0 atom stereocenters. The van der Waals surface area contributed by atoms with Crippen molar-refractivity contribution in [3.63, 3.8) is 0 Å². The van der Waals surface area contributed by atoms with Crippen LogP contribution in [0.25, 0.3) is 17.1 Å². The molecule has 1 aliphatic heterocycles. The first-order chi connectivity index (χ1) is 16.2. The summed E-state index contributed by atoms with van der Waals surface area (Å²) in [6.07, 6.45) is 3.65. The van der Waals surface area contributed by atoms with Crippen LogP contribution in [0.5, 0.6) is 0 Å². The maximum atomic E-state index is 13.6. The molecule has 0 aliphatic carbocycles. The highest BCUT2D eigenvalue weighted by Crippen LogP contribution is 2.29. The van der Waals surface area contributed by atoms with Crippen LogP contribution in [0.1, 0.15) is 31.0 Å². The average Bonchev–Trinajstić information content (AvgIpc) is 3.46. The van der Waals surface area contributed by atoms with Crippen LogP contribution in [0, 0.1) is 5.82 Å². The lowest BCUT2D eigenvalue weighted by Crippen LogP contribution is -2.30. The number of hydrogen-bond donors (Lipinski definition) is 0. The summed E-state index contributed by atoms with van der Waals surface area (Å²) in [4.78, 5) is 2.38. The molecule has 1 saturated heterocycles. The third kappa shape index (κ3) is 5.10. The Hall–Kier alpha value is -2.75. The van der Waals surface area contributed by atoms with Gasteiger partial charge in [0.25, 0.3) is 0 Å². The van der Waals surface area contributed by atoms with Crippen LogP contribution in [0.3, 0.4) is 0 Å². The molecule has 0 spiro atoms. The number of aromatic nitrogens is 5. The molecule has 3 heterocycles. The van der Waals surface area contributed by atoms with Gasteiger partial charge in [0.2, 0.25) is 11.8 Å². The fourth-order valence-corrected chi connectivity index (χ4v) is 4.87. The molecule has 0 saturated carbocycles. The first-order valence-electron chi connectivity index (χ1n) is 10.8. The first-order valence-corrected chi connectivity index (χ1v) is 12.2. The number of nitrogens with zero attached hydrogens (tertiary/aromatic N) is 6. The molecule has 4 aromatic rings. The van der Waals surface area contributed by atoms with Crippen molar-refractivity contribution < 1.29 is 8.81 Å². The molecule has 1 aliphatic rings. The standard InChI is InChI=1S/C23H22ClFN6OS/c24-19-7-3-2-6-18(19)22-28-27-21(32-22)15-33-23-29-26-20(14-30-12-4-1-5-13-30)31(23)17-10-8-16(25)9-11-17/h2-3,6-11H,1,4-5,12-15H2. The van der Waals surface area contributed by atoms with E-state index in [1.807, 2.05) is 22.8 Å². The van der Waals surface area contributed by atoms with Crippen molar-refractivity contribution in [2.45, 2.75) is 36.7 Å². The van der Waals surface area contributed by atoms with Crippen molar-refractivity contribution in [2.24, 2.45) is 0 Å². The number of rotatable bonds is 7. The summed E-state index contributed by atoms with van der Waals surface area (Å²) in [5.74, 6) is 1.80. The zero-order chi connectivity index (χ0) is 22.6. The van der Waals surface area contributed by atoms with Gasteiger partial charge in [-0.3, -0.25) is 9.47 Å². The summed E-state index contributed by atoms with van der Waals surface area (Å²) in [6, 6.07) is 13.7. The van der Waals surface area contributed by atoms with Gasteiger partial charge in [-0.2, -0.15) is 0 Å². The summed E-state index contributed by atoms with van der Waals surface area (Å²) in [5.41, 5.74) is 1.51. The number of halogens is 2. The minimum atomic E-state index is -0.281. The molecule has 1 fully saturated rings. The molecule has 10 heteroatoms. The van der Waals surface area contributed by atoms with E-state index in [-0.39, 0.29) is 5.82 Å². The Morgan fingerprint density at radius 2 is 1.73 bits per heavy atom. The largest absolute Gasteiger partial charge is 0.420 e. The van der Waals surface area contributed by atoms with Crippen LogP contribution in [-0.2, 0) is 12.3 Å². The molecule has 2 aromatic carbocycles. The molecule has 0 amide bonds. The Bertz CT molecular complexity index is 1220. The summed E-state index contributed by atoms with van der Waals surface area (Å²) in [7, 11) is 0. The van der Waals surface area contributed by atoms with Crippen LogP contribution in [-0.4, -0.2) is 43.0 Å². The predicted octanol–water partition coefficient (Wildman–Crippen LogP) is 5.39. The van der Waals surface area contributed by atoms with Crippen LogP contribution in [0.15, 0.2) is 58.1 Å². The Morgan fingerprint density at radius 1 is 0.939 bits per heavy atom. The quantitative estimate of drug-likeness (QED) is 0.326. The molecule has 5 rings (SSSR count). The van der Waals surface area contributed by atoms with Gasteiger partial charge in [0.05, 0.1) is 22.9 Å². The van der Waals surface area contributed by atoms with Crippen molar-refractivity contribution in [2.75, 3.05) is 13.1 Å². The van der Waals surface area contributed by atoms with Gasteiger partial charge in [0, 0.05) is 5.69 Å². The summed E-state index contributed by atoms with van der Waals surface area (Å²) >= 11 is 7.68. The Kier molecular flexibility index (Phi) is 6.70. The lowest BCUT2D eigenvalue weighted by atomic mass is 10.1. The van der Waals surface area contributed by atoms with Gasteiger partial charge in [0.15, 0.2) is 11.0 Å². The third-order valence-corrected chi connectivity index (χ3v) is 6.74. The van der Waals surface area contributed by atoms with E-state index in [4.69, 9.17) is 16.0 Å². The molecule has 7 nitrogen and oxygen atoms in total. The highest BCUT2D eigenvalue weighted by molar-refractivity contribution is 7.98. The topological polar surface area (TPSA) is 72.9 Å². The molecule has 2 aromatic heterocycles. The second-order valence-corrected chi connectivity index (χ2v) is 9.17. The number of benzene rings is 2. The summed E-state index contributed by atoms with van der Waals surface area (Å²) in [6.45, 7) is 2.79. The van der Waals surface area contributed by atoms with E-state index >= 15 is 0 Å². The number of hydrogen-bond acceptors (Lipinski definition) is 7. The van der Waals surface area contributed by atoms with E-state index in [2.05, 4.69) is 25.3 Å². The number of likely N-dealkylation sites (tertiary alicyclic amines) is 1. The minimum Gasteiger partial charge on any atom is -0.420 e. The molecule has 33 heavy (non-hydrogen) atoms. The van der Waals surface area contributed by atoms with E-state index in [9.17, 15) is 4.39 Å². The highest BCUT2D eigenvalue weighted by Gasteiger charge is 2.20. The van der Waals surface area contributed by atoms with Crippen LogP contribution >= 0.6 is 23.4 Å². The number of thioether (sulfide) groups is 1. The van der Waals surface area contributed by atoms with Gasteiger partial charge >= 0.3 is 0 Å². The normalized spacial score (nSPS) is 14.6. The zero-order valence-electron chi connectivity index (χ0n) is 17.8. The summed E-state index contributed by atoms with van der Waals surface area (Å²) in [5, 5.41) is 18.4. The van der Waals surface area contributed by atoms with E-state index in [0.717, 1.165) is 24.6 Å². The Labute approximate surface area is 200 Å². The maximum absolute atomic E-state index is 13.6. The maximum Gasteiger partial charge on any atom is 0.249 e. The SMILES string of the molecule is Fc1ccc(-n2c(CN3CCCCC3)nnc2SCc2nnc(-c3ccccc3Cl)o2)cc1. The van der Waals surface area contributed by atoms with Gasteiger partial charge in [0.1, 0.15) is 5.82 Å². The van der Waals surface area contributed by atoms with Gasteiger partial charge < -0.3 is 4.42 Å². The Morgan fingerprint density at radius 3 is 2.52 bits per heavy atom. The van der Waals surface area contributed by atoms with E-state index in [0.29, 0.717) is 39.8 Å². The van der Waals surface area contributed by atoms with Crippen LogP contribution < -0.4 is 0 Å². The molecular weight excluding hydrogens is 463 g/mol. The van der Waals surface area contributed by atoms with Crippen molar-refractivity contribution >= 4 is 23.4 Å². The van der Waals surface area contributed by atoms with E-state index in [1.165, 1.54) is 43.2 Å². The van der Waals surface area contributed by atoms with E-state index in [1.54, 1.807) is 18.2 Å². The lowest BCUT2D eigenvalue weighted by molar-refractivity contribution is 0.214. The van der Waals surface area contributed by atoms with Crippen molar-refractivity contribution in [1.82, 2.24) is 29.9 Å². The fraction of sp³-hybridized carbons (Fsp3) is 0.304. The Balaban J connectivity index is 1.37. The molecular formula is C23H22ClFN6OS. The molecule has 170 valence electrons. The summed E-state index contributed by atoms with van der Waals surface area (Å²) < 4.78 is 21.3. The zero-order valence-corrected chi connectivity index (χ0v) is 19.4. The monoisotopic (exact) mass is 484 g/mol. The highest BCUT2D eigenvalue weighted by atomic mass is 35.5. The molecule has 0 unspecified atom stereocenters. The van der Waals surface area contributed by atoms with Crippen molar-refractivity contribution in [1.29, 1.82) is 0 Å². The fourth-order valence-electron chi connectivity index (χ4n) is 3.84. The molecule has 0 radical (unpaired) electrons. The lowest BCUT2D eigenvalue weighted by Gasteiger charge is -2.26. The van der Waals surface area contributed by atoms with Gasteiger partial charge in [-0.1, -0.05) is 41.9 Å².